The molecule has 0 heterocycles. The van der Waals surface area contributed by atoms with Crippen LogP contribution in [0.1, 0.15) is 12.0 Å². The average Bonchev–Trinajstić information content (AvgIpc) is 2.54. The standard InChI is InChI=1S/C14H20N4O5S/c15-24(22,23)12-4-2-11(3-5-12)6-9-18-14(21)13(20)17-8-1-7-16-10-19/h2-5,10H,1,6-9H2,(H,16,19)(H,17,20)(H,18,21)(H2,15,22,23). The highest BCUT2D eigenvalue weighted by Crippen LogP contribution is 2.08. The summed E-state index contributed by atoms with van der Waals surface area (Å²) in [5.41, 5.74) is 0.794. The van der Waals surface area contributed by atoms with Crippen molar-refractivity contribution in [2.75, 3.05) is 19.6 Å². The molecule has 0 radical (unpaired) electrons. The number of carbonyl (C=O) groups is 3. The van der Waals surface area contributed by atoms with Crippen molar-refractivity contribution in [2.24, 2.45) is 5.14 Å². The fourth-order valence-electron chi connectivity index (χ4n) is 1.78. The van der Waals surface area contributed by atoms with E-state index < -0.39 is 21.8 Å². The average molecular weight is 356 g/mol. The van der Waals surface area contributed by atoms with Crippen molar-refractivity contribution in [2.45, 2.75) is 17.7 Å². The van der Waals surface area contributed by atoms with Gasteiger partial charge in [0.2, 0.25) is 16.4 Å². The normalized spacial score (nSPS) is 10.7. The SMILES string of the molecule is NS(=O)(=O)c1ccc(CCNC(=O)C(=O)NCCCNC=O)cc1. The number of rotatable bonds is 9. The molecule has 0 aromatic heterocycles. The molecule has 1 aromatic rings. The van der Waals surface area contributed by atoms with Crippen LogP contribution in [0, 0.1) is 0 Å². The molecule has 0 aliphatic heterocycles. The Morgan fingerprint density at radius 1 is 1.00 bits per heavy atom. The van der Waals surface area contributed by atoms with Crippen LogP contribution in [-0.2, 0) is 30.8 Å². The predicted octanol–water partition coefficient (Wildman–Crippen LogP) is -1.75. The van der Waals surface area contributed by atoms with Crippen molar-refractivity contribution < 1.29 is 22.8 Å². The zero-order chi connectivity index (χ0) is 18.0. The van der Waals surface area contributed by atoms with Crippen LogP contribution < -0.4 is 21.1 Å². The summed E-state index contributed by atoms with van der Waals surface area (Å²) < 4.78 is 22.2. The summed E-state index contributed by atoms with van der Waals surface area (Å²) in [5, 5.41) is 12.3. The lowest BCUT2D eigenvalue weighted by molar-refractivity contribution is -0.139. The molecule has 10 heteroatoms. The van der Waals surface area contributed by atoms with E-state index in [-0.39, 0.29) is 18.0 Å². The van der Waals surface area contributed by atoms with E-state index in [0.717, 1.165) is 5.56 Å². The Bertz CT molecular complexity index is 673. The summed E-state index contributed by atoms with van der Waals surface area (Å²) in [7, 11) is -3.73. The number of primary sulfonamides is 1. The van der Waals surface area contributed by atoms with Gasteiger partial charge in [-0.2, -0.15) is 0 Å². The van der Waals surface area contributed by atoms with Gasteiger partial charge in [-0.1, -0.05) is 12.1 Å². The summed E-state index contributed by atoms with van der Waals surface area (Å²) in [6.07, 6.45) is 1.52. The molecule has 0 unspecified atom stereocenters. The highest BCUT2D eigenvalue weighted by Gasteiger charge is 2.12. The van der Waals surface area contributed by atoms with Crippen molar-refractivity contribution >= 4 is 28.2 Å². The van der Waals surface area contributed by atoms with Gasteiger partial charge in [-0.05, 0) is 30.5 Å². The lowest BCUT2D eigenvalue weighted by Gasteiger charge is -2.07. The minimum atomic E-state index is -3.73. The fourth-order valence-corrected chi connectivity index (χ4v) is 2.29. The third kappa shape index (κ3) is 7.20. The van der Waals surface area contributed by atoms with E-state index in [2.05, 4.69) is 16.0 Å². The molecule has 0 saturated carbocycles. The summed E-state index contributed by atoms with van der Waals surface area (Å²) in [6, 6.07) is 5.94. The van der Waals surface area contributed by atoms with Gasteiger partial charge in [0.05, 0.1) is 4.90 Å². The first-order valence-electron chi connectivity index (χ1n) is 7.19. The Kier molecular flexibility index (Phi) is 7.86. The minimum absolute atomic E-state index is 0.0127. The molecule has 1 rings (SSSR count). The topological polar surface area (TPSA) is 147 Å². The second-order valence-corrected chi connectivity index (χ2v) is 6.44. The van der Waals surface area contributed by atoms with Gasteiger partial charge in [-0.25, -0.2) is 13.6 Å². The van der Waals surface area contributed by atoms with Crippen LogP contribution in [0.15, 0.2) is 29.2 Å². The summed E-state index contributed by atoms with van der Waals surface area (Å²) in [4.78, 5) is 33.1. The maximum Gasteiger partial charge on any atom is 0.309 e. The molecule has 3 amide bonds. The zero-order valence-corrected chi connectivity index (χ0v) is 13.8. The van der Waals surface area contributed by atoms with Crippen LogP contribution in [-0.4, -0.2) is 46.3 Å². The van der Waals surface area contributed by atoms with Crippen LogP contribution in [0.4, 0.5) is 0 Å². The number of benzene rings is 1. The van der Waals surface area contributed by atoms with Gasteiger partial charge in [0.25, 0.3) is 0 Å². The lowest BCUT2D eigenvalue weighted by Crippen LogP contribution is -2.41. The molecule has 1 aromatic carbocycles. The van der Waals surface area contributed by atoms with Gasteiger partial charge in [0.15, 0.2) is 0 Å². The van der Waals surface area contributed by atoms with Crippen molar-refractivity contribution in [3.05, 3.63) is 29.8 Å². The largest absolute Gasteiger partial charge is 0.359 e. The number of carbonyl (C=O) groups excluding carboxylic acids is 3. The van der Waals surface area contributed by atoms with Gasteiger partial charge < -0.3 is 16.0 Å². The molecule has 0 aliphatic carbocycles. The predicted molar refractivity (Wildman–Crippen MR) is 86.2 cm³/mol. The second kappa shape index (κ2) is 9.63. The van der Waals surface area contributed by atoms with Gasteiger partial charge in [0.1, 0.15) is 0 Å². The smallest absolute Gasteiger partial charge is 0.309 e. The number of hydrogen-bond acceptors (Lipinski definition) is 5. The van der Waals surface area contributed by atoms with Crippen LogP contribution in [0.25, 0.3) is 0 Å². The Morgan fingerprint density at radius 2 is 1.58 bits per heavy atom. The zero-order valence-electron chi connectivity index (χ0n) is 12.9. The maximum absolute atomic E-state index is 11.5. The first-order valence-corrected chi connectivity index (χ1v) is 8.74. The molecule has 0 spiro atoms. The minimum Gasteiger partial charge on any atom is -0.359 e. The third-order valence-corrected chi connectivity index (χ3v) is 3.95. The van der Waals surface area contributed by atoms with Gasteiger partial charge in [-0.3, -0.25) is 14.4 Å². The van der Waals surface area contributed by atoms with Crippen molar-refractivity contribution in [3.63, 3.8) is 0 Å². The number of nitrogens with two attached hydrogens (primary N) is 1. The molecule has 9 nitrogen and oxygen atoms in total. The van der Waals surface area contributed by atoms with Crippen molar-refractivity contribution in [1.29, 1.82) is 0 Å². The van der Waals surface area contributed by atoms with Crippen LogP contribution in [0.3, 0.4) is 0 Å². The summed E-state index contributed by atoms with van der Waals surface area (Å²) in [5.74, 6) is -1.50. The Hall–Kier alpha value is -2.46. The molecule has 5 N–H and O–H groups in total. The third-order valence-electron chi connectivity index (χ3n) is 3.02. The first-order chi connectivity index (χ1) is 11.3. The molecule has 0 bridgehead atoms. The van der Waals surface area contributed by atoms with Crippen LogP contribution in [0.2, 0.25) is 0 Å². The van der Waals surface area contributed by atoms with E-state index in [1.807, 2.05) is 0 Å². The van der Waals surface area contributed by atoms with Gasteiger partial charge >= 0.3 is 11.8 Å². The first kappa shape index (κ1) is 19.6. The van der Waals surface area contributed by atoms with E-state index in [1.165, 1.54) is 12.1 Å². The maximum atomic E-state index is 11.5. The van der Waals surface area contributed by atoms with Crippen LogP contribution >= 0.6 is 0 Å². The Labute approximate surface area is 140 Å². The van der Waals surface area contributed by atoms with Gasteiger partial charge in [0, 0.05) is 19.6 Å². The molecule has 132 valence electrons. The number of nitrogens with one attached hydrogen (secondary N) is 3. The molecule has 0 saturated heterocycles. The van der Waals surface area contributed by atoms with E-state index in [0.29, 0.717) is 25.8 Å². The number of sulfonamides is 1. The van der Waals surface area contributed by atoms with E-state index >= 15 is 0 Å². The van der Waals surface area contributed by atoms with Crippen LogP contribution in [0.5, 0.6) is 0 Å². The summed E-state index contributed by atoms with van der Waals surface area (Å²) in [6.45, 7) is 0.926. The number of hydrogen-bond donors (Lipinski definition) is 4. The van der Waals surface area contributed by atoms with E-state index in [4.69, 9.17) is 5.14 Å². The Balaban J connectivity index is 2.29. The lowest BCUT2D eigenvalue weighted by atomic mass is 10.1. The van der Waals surface area contributed by atoms with E-state index in [1.54, 1.807) is 12.1 Å². The fraction of sp³-hybridized carbons (Fsp3) is 0.357. The second-order valence-electron chi connectivity index (χ2n) is 4.88. The Morgan fingerprint density at radius 3 is 2.12 bits per heavy atom. The molecular weight excluding hydrogens is 336 g/mol. The number of amides is 3. The van der Waals surface area contributed by atoms with Crippen molar-refractivity contribution in [3.8, 4) is 0 Å². The summed E-state index contributed by atoms with van der Waals surface area (Å²) >= 11 is 0. The highest BCUT2D eigenvalue weighted by molar-refractivity contribution is 7.89. The molecular formula is C14H20N4O5S. The monoisotopic (exact) mass is 356 g/mol. The quantitative estimate of drug-likeness (QED) is 0.235. The van der Waals surface area contributed by atoms with Gasteiger partial charge in [-0.15, -0.1) is 0 Å². The van der Waals surface area contributed by atoms with Crippen molar-refractivity contribution in [1.82, 2.24) is 16.0 Å². The van der Waals surface area contributed by atoms with E-state index in [9.17, 15) is 22.8 Å². The molecule has 0 aliphatic rings. The molecule has 0 fully saturated rings. The molecule has 0 atom stereocenters. The highest BCUT2D eigenvalue weighted by atomic mass is 32.2. The molecule has 24 heavy (non-hydrogen) atoms.